The van der Waals surface area contributed by atoms with Gasteiger partial charge in [-0.25, -0.2) is 9.59 Å². The van der Waals surface area contributed by atoms with Crippen molar-refractivity contribution >= 4 is 12.2 Å². The molecule has 2 aliphatic heterocycles. The van der Waals surface area contributed by atoms with Gasteiger partial charge in [0.15, 0.2) is 0 Å². The highest BCUT2D eigenvalue weighted by Crippen LogP contribution is 2.89. The molecule has 272 valence electrons. The molecule has 5 aliphatic carbocycles. The fourth-order valence-corrected chi connectivity index (χ4v) is 13.9. The number of hydrogen-bond donors (Lipinski definition) is 3. The van der Waals surface area contributed by atoms with Crippen LogP contribution in [0.2, 0.25) is 0 Å². The van der Waals surface area contributed by atoms with Crippen LogP contribution in [0.15, 0.2) is 0 Å². The molecule has 7 fully saturated rings. The van der Waals surface area contributed by atoms with Crippen LogP contribution >= 0.6 is 0 Å². The highest BCUT2D eigenvalue weighted by molar-refractivity contribution is 5.68. The molecule has 9 heteroatoms. The summed E-state index contributed by atoms with van der Waals surface area (Å²) < 4.78 is 19.2. The lowest BCUT2D eigenvalue weighted by Crippen LogP contribution is -2.61. The second-order valence-corrected chi connectivity index (χ2v) is 18.8. The lowest BCUT2D eigenvalue weighted by molar-refractivity contribution is -0.184. The summed E-state index contributed by atoms with van der Waals surface area (Å²) in [5, 5.41) is 18.5. The predicted molar refractivity (Wildman–Crippen MR) is 184 cm³/mol. The summed E-state index contributed by atoms with van der Waals surface area (Å²) in [4.78, 5) is 27.9. The number of hydrogen-bond acceptors (Lipinski definition) is 7. The minimum absolute atomic E-state index is 0.0232. The molecule has 7 aliphatic rings. The van der Waals surface area contributed by atoms with Crippen molar-refractivity contribution < 1.29 is 28.9 Å². The Kier molecular flexibility index (Phi) is 8.51. The molecular weight excluding hydrogens is 606 g/mol. The van der Waals surface area contributed by atoms with Gasteiger partial charge in [0.1, 0.15) is 12.2 Å². The van der Waals surface area contributed by atoms with Gasteiger partial charge in [0.05, 0.1) is 24.4 Å². The van der Waals surface area contributed by atoms with E-state index in [-0.39, 0.29) is 75.5 Å². The highest BCUT2D eigenvalue weighted by atomic mass is 16.6. The Morgan fingerprint density at radius 1 is 0.979 bits per heavy atom. The molecule has 48 heavy (non-hydrogen) atoms. The van der Waals surface area contributed by atoms with Gasteiger partial charge in [-0.2, -0.15) is 0 Å². The summed E-state index contributed by atoms with van der Waals surface area (Å²) in [5.74, 6) is 1.69. The summed E-state index contributed by atoms with van der Waals surface area (Å²) in [6.45, 7) is 23.6. The van der Waals surface area contributed by atoms with Crippen LogP contribution in [0.1, 0.15) is 114 Å². The van der Waals surface area contributed by atoms with Crippen molar-refractivity contribution in [3.8, 4) is 0 Å². The van der Waals surface area contributed by atoms with Gasteiger partial charge in [-0.1, -0.05) is 55.4 Å². The first-order chi connectivity index (χ1) is 22.6. The van der Waals surface area contributed by atoms with E-state index in [1.165, 1.54) is 12.8 Å². The first kappa shape index (κ1) is 34.9. The number of rotatable bonds is 7. The maximum absolute atomic E-state index is 13.0. The monoisotopic (exact) mass is 671 g/mol. The van der Waals surface area contributed by atoms with Crippen molar-refractivity contribution in [3.05, 3.63) is 0 Å². The molecule has 3 N–H and O–H groups in total. The minimum Gasteiger partial charge on any atom is -0.446 e. The number of carbonyl (C=O) groups excluding carboxylic acids is 2. The SMILES string of the molecule is CCNC(=O)O[C@H](C(C)C)C1C[C@@H](C)[C@H]2C(O1)[C@H](O)[C@@]1(C)C3CC[C@H]4C(C)(C)C(OC(=O)NC5CN(CC)C5)CC[C@@]45C[C@@]35CC[C@]21C. The van der Waals surface area contributed by atoms with Gasteiger partial charge in [-0.3, -0.25) is 4.90 Å². The van der Waals surface area contributed by atoms with Crippen molar-refractivity contribution in [2.45, 2.75) is 150 Å². The van der Waals surface area contributed by atoms with E-state index >= 15 is 0 Å². The largest absolute Gasteiger partial charge is 0.446 e. The van der Waals surface area contributed by atoms with E-state index in [0.717, 1.165) is 58.2 Å². The van der Waals surface area contributed by atoms with Crippen LogP contribution in [0.5, 0.6) is 0 Å². The molecular formula is C39H65N3O6. The summed E-state index contributed by atoms with van der Waals surface area (Å²) in [6, 6.07) is 0.197. The highest BCUT2D eigenvalue weighted by Gasteiger charge is 2.84. The van der Waals surface area contributed by atoms with Gasteiger partial charge in [-0.05, 0) is 111 Å². The molecule has 2 saturated heterocycles. The molecule has 7 rings (SSSR count). The predicted octanol–water partition coefficient (Wildman–Crippen LogP) is 6.37. The third kappa shape index (κ3) is 4.70. The average Bonchev–Trinajstić information content (AvgIpc) is 3.63. The third-order valence-corrected chi connectivity index (χ3v) is 16.3. The van der Waals surface area contributed by atoms with E-state index in [1.807, 2.05) is 6.92 Å². The van der Waals surface area contributed by atoms with Crippen LogP contribution in [0.4, 0.5) is 9.59 Å². The Morgan fingerprint density at radius 3 is 2.33 bits per heavy atom. The zero-order valence-corrected chi connectivity index (χ0v) is 31.3. The summed E-state index contributed by atoms with van der Waals surface area (Å²) in [6.07, 6.45) is 6.58. The molecule has 5 saturated carbocycles. The number of likely N-dealkylation sites (N-methyl/N-ethyl adjacent to an activating group) is 1. The molecule has 0 aromatic heterocycles. The molecule has 9 nitrogen and oxygen atoms in total. The lowest BCUT2D eigenvalue weighted by Gasteiger charge is -2.63. The molecule has 2 heterocycles. The second-order valence-electron chi connectivity index (χ2n) is 18.8. The summed E-state index contributed by atoms with van der Waals surface area (Å²) >= 11 is 0. The van der Waals surface area contributed by atoms with Crippen molar-refractivity contribution in [2.75, 3.05) is 26.2 Å². The van der Waals surface area contributed by atoms with Crippen LogP contribution in [0.25, 0.3) is 0 Å². The number of carbonyl (C=O) groups is 2. The Morgan fingerprint density at radius 2 is 1.67 bits per heavy atom. The van der Waals surface area contributed by atoms with Crippen molar-refractivity contribution in [1.82, 2.24) is 15.5 Å². The van der Waals surface area contributed by atoms with Gasteiger partial charge in [0, 0.05) is 30.5 Å². The van der Waals surface area contributed by atoms with Crippen LogP contribution in [-0.4, -0.2) is 84.9 Å². The Balaban J connectivity index is 1.09. The first-order valence-corrected chi connectivity index (χ1v) is 19.6. The number of nitrogens with zero attached hydrogens (tertiary/aromatic N) is 1. The Hall–Kier alpha value is -1.58. The number of likely N-dealkylation sites (tertiary alicyclic amines) is 1. The average molecular weight is 672 g/mol. The van der Waals surface area contributed by atoms with Crippen LogP contribution < -0.4 is 10.6 Å². The lowest BCUT2D eigenvalue weighted by atomic mass is 9.41. The van der Waals surface area contributed by atoms with Gasteiger partial charge < -0.3 is 30.0 Å². The molecule has 2 amide bonds. The molecule has 4 unspecified atom stereocenters. The second kappa shape index (κ2) is 11.7. The van der Waals surface area contributed by atoms with Crippen LogP contribution in [0, 0.1) is 56.7 Å². The number of aliphatic hydroxyl groups excluding tert-OH is 1. The topological polar surface area (TPSA) is 109 Å². The van der Waals surface area contributed by atoms with Gasteiger partial charge in [0.25, 0.3) is 0 Å². The number of aliphatic hydroxyl groups is 1. The third-order valence-electron chi connectivity index (χ3n) is 16.3. The maximum Gasteiger partial charge on any atom is 0.407 e. The first-order valence-electron chi connectivity index (χ1n) is 19.6. The Bertz CT molecular complexity index is 1270. The smallest absolute Gasteiger partial charge is 0.407 e. The van der Waals surface area contributed by atoms with Gasteiger partial charge in [0.2, 0.25) is 0 Å². The summed E-state index contributed by atoms with van der Waals surface area (Å²) in [7, 11) is 0. The van der Waals surface area contributed by atoms with E-state index in [2.05, 4.69) is 70.9 Å². The van der Waals surface area contributed by atoms with Crippen molar-refractivity contribution in [1.29, 1.82) is 0 Å². The molecule has 2 spiro atoms. The van der Waals surface area contributed by atoms with Gasteiger partial charge in [-0.15, -0.1) is 0 Å². The zero-order chi connectivity index (χ0) is 34.6. The van der Waals surface area contributed by atoms with E-state index < -0.39 is 12.2 Å². The molecule has 13 atom stereocenters. The van der Waals surface area contributed by atoms with E-state index in [0.29, 0.717) is 24.3 Å². The molecule has 0 radical (unpaired) electrons. The maximum atomic E-state index is 13.0. The van der Waals surface area contributed by atoms with Crippen molar-refractivity contribution in [3.63, 3.8) is 0 Å². The van der Waals surface area contributed by atoms with E-state index in [4.69, 9.17) is 14.2 Å². The van der Waals surface area contributed by atoms with Gasteiger partial charge >= 0.3 is 12.2 Å². The molecule has 0 bridgehead atoms. The van der Waals surface area contributed by atoms with Crippen molar-refractivity contribution in [2.24, 2.45) is 56.7 Å². The number of ether oxygens (including phenoxy) is 3. The van der Waals surface area contributed by atoms with E-state index in [1.54, 1.807) is 0 Å². The minimum atomic E-state index is -0.557. The quantitative estimate of drug-likeness (QED) is 0.289. The number of amides is 2. The summed E-state index contributed by atoms with van der Waals surface area (Å²) in [5.41, 5.74) is 0.136. The standard InChI is InChI=1S/C39H65N3O6/c1-10-40-33(44)48-30(22(3)4)25-18-23(5)29-31(46-25)32(43)37(9)27-13-12-26-35(6,7)28(47-34(45)41-24-19-42(11-2)20-24)14-15-38(26)21-39(27,38)17-16-36(29,37)8/h22-32,43H,10-21H2,1-9H3,(H,40,44)(H,41,45)/t23-,25?,26+,27?,28?,29+,30-,31?,32+,36-,37-,38-,39+/m1/s1. The normalized spacial score (nSPS) is 48.1. The molecule has 0 aromatic carbocycles. The fraction of sp³-hybridized carbons (Fsp3) is 0.949. The zero-order valence-electron chi connectivity index (χ0n) is 31.3. The van der Waals surface area contributed by atoms with E-state index in [9.17, 15) is 14.7 Å². The molecule has 0 aromatic rings. The van der Waals surface area contributed by atoms with Crippen LogP contribution in [0.3, 0.4) is 0 Å². The Labute approximate surface area is 289 Å². The van der Waals surface area contributed by atoms with Crippen LogP contribution in [-0.2, 0) is 14.2 Å². The fourth-order valence-electron chi connectivity index (χ4n) is 13.9. The number of fused-ring (bicyclic) bond motifs is 4. The number of alkyl carbamates (subject to hydrolysis) is 2. The number of nitrogens with one attached hydrogen (secondary N) is 2.